The molecular formula is C19H23F2N3O2. The first-order valence-corrected chi connectivity index (χ1v) is 8.72. The fourth-order valence-electron chi connectivity index (χ4n) is 2.84. The van der Waals surface area contributed by atoms with Gasteiger partial charge in [0, 0.05) is 24.4 Å². The predicted octanol–water partition coefficient (Wildman–Crippen LogP) is 3.24. The van der Waals surface area contributed by atoms with Gasteiger partial charge in [0.05, 0.1) is 0 Å². The Kier molecular flexibility index (Phi) is 5.54. The molecule has 1 aliphatic carbocycles. The lowest BCUT2D eigenvalue weighted by Crippen LogP contribution is -2.47. The monoisotopic (exact) mass is 363 g/mol. The van der Waals surface area contributed by atoms with Crippen LogP contribution in [0.4, 0.5) is 8.78 Å². The molecule has 1 heterocycles. The van der Waals surface area contributed by atoms with E-state index in [4.69, 9.17) is 4.74 Å². The Morgan fingerprint density at radius 1 is 1.38 bits per heavy atom. The van der Waals surface area contributed by atoms with Crippen molar-refractivity contribution in [2.45, 2.75) is 45.9 Å². The molecule has 1 aliphatic heterocycles. The van der Waals surface area contributed by atoms with Crippen molar-refractivity contribution in [3.63, 3.8) is 0 Å². The number of allylic oxidation sites excluding steroid dienone is 2. The van der Waals surface area contributed by atoms with Crippen molar-refractivity contribution in [2.24, 2.45) is 10.9 Å². The van der Waals surface area contributed by atoms with Crippen LogP contribution in [0.5, 0.6) is 5.75 Å². The van der Waals surface area contributed by atoms with Crippen molar-refractivity contribution in [1.29, 1.82) is 0 Å². The number of halogens is 2. The number of nitrogens with one attached hydrogen (secondary N) is 1. The third-order valence-corrected chi connectivity index (χ3v) is 4.61. The first-order chi connectivity index (χ1) is 12.5. The van der Waals surface area contributed by atoms with Gasteiger partial charge in [-0.25, -0.2) is 13.8 Å². The molecule has 1 unspecified atom stereocenters. The number of aliphatic imine (C=N–C) groups is 1. The van der Waals surface area contributed by atoms with Gasteiger partial charge in [0.1, 0.15) is 12.4 Å². The number of benzene rings is 1. The number of carbonyl (C=O) groups is 1. The fourth-order valence-corrected chi connectivity index (χ4v) is 2.84. The molecule has 0 aromatic heterocycles. The number of carbonyl (C=O) groups excluding carboxylic acids is 1. The van der Waals surface area contributed by atoms with Crippen LogP contribution in [-0.4, -0.2) is 36.3 Å². The molecule has 1 aromatic rings. The lowest BCUT2D eigenvalue weighted by molar-refractivity contribution is -0.124. The predicted molar refractivity (Wildman–Crippen MR) is 95.1 cm³/mol. The van der Waals surface area contributed by atoms with E-state index >= 15 is 0 Å². The van der Waals surface area contributed by atoms with Gasteiger partial charge < -0.3 is 15.0 Å². The van der Waals surface area contributed by atoms with Crippen molar-refractivity contribution in [3.8, 4) is 5.75 Å². The summed E-state index contributed by atoms with van der Waals surface area (Å²) in [6.07, 6.45) is 2.46. The highest BCUT2D eigenvalue weighted by molar-refractivity contribution is 5.81. The van der Waals surface area contributed by atoms with E-state index in [1.54, 1.807) is 18.3 Å². The summed E-state index contributed by atoms with van der Waals surface area (Å²) in [6.45, 7) is 3.67. The summed E-state index contributed by atoms with van der Waals surface area (Å²) in [5.74, 6) is 0.576. The molecule has 1 atom stereocenters. The molecule has 1 saturated carbocycles. The third-order valence-electron chi connectivity index (χ3n) is 4.61. The molecule has 1 aromatic carbocycles. The van der Waals surface area contributed by atoms with Crippen LogP contribution in [0.3, 0.4) is 0 Å². The van der Waals surface area contributed by atoms with E-state index in [1.807, 2.05) is 30.9 Å². The lowest BCUT2D eigenvalue weighted by atomic mass is 10.1. The second-order valence-corrected chi connectivity index (χ2v) is 6.63. The number of ether oxygens (including phenoxy) is 1. The van der Waals surface area contributed by atoms with E-state index in [2.05, 4.69) is 10.3 Å². The van der Waals surface area contributed by atoms with Gasteiger partial charge in [-0.15, -0.1) is 0 Å². The number of amides is 1. The molecule has 140 valence electrons. The molecule has 7 heteroatoms. The molecule has 0 radical (unpaired) electrons. The normalized spacial score (nSPS) is 19.5. The highest BCUT2D eigenvalue weighted by atomic mass is 19.3. The minimum atomic E-state index is -2.51. The summed E-state index contributed by atoms with van der Waals surface area (Å²) in [4.78, 5) is 18.5. The summed E-state index contributed by atoms with van der Waals surface area (Å²) in [5, 5.41) is 2.97. The van der Waals surface area contributed by atoms with E-state index in [9.17, 15) is 13.6 Å². The minimum absolute atomic E-state index is 0.0255. The summed E-state index contributed by atoms with van der Waals surface area (Å²) < 4.78 is 30.0. The topological polar surface area (TPSA) is 53.9 Å². The van der Waals surface area contributed by atoms with E-state index < -0.39 is 19.3 Å². The molecule has 0 bridgehead atoms. The second-order valence-electron chi connectivity index (χ2n) is 6.63. The van der Waals surface area contributed by atoms with Crippen molar-refractivity contribution in [1.82, 2.24) is 10.2 Å². The molecular weight excluding hydrogens is 340 g/mol. The maximum absolute atomic E-state index is 12.4. The van der Waals surface area contributed by atoms with Crippen LogP contribution in [0.15, 0.2) is 35.0 Å². The number of nitrogens with zero attached hydrogens (tertiary/aromatic N) is 2. The fraction of sp³-hybridized carbons (Fsp3) is 0.474. The Bertz CT molecular complexity index is 729. The Hall–Kier alpha value is -2.44. The SMILES string of the molecule is CC1=CC=NC(NC(=O)C2CC2)N1Cc1cccc(OCC(F)F)c1C. The molecule has 26 heavy (non-hydrogen) atoms. The lowest BCUT2D eigenvalue weighted by Gasteiger charge is -2.34. The average Bonchev–Trinajstić information content (AvgIpc) is 3.43. The van der Waals surface area contributed by atoms with Gasteiger partial charge in [0.25, 0.3) is 6.43 Å². The van der Waals surface area contributed by atoms with Gasteiger partial charge in [-0.1, -0.05) is 12.1 Å². The van der Waals surface area contributed by atoms with Crippen molar-refractivity contribution >= 4 is 12.1 Å². The van der Waals surface area contributed by atoms with Crippen molar-refractivity contribution < 1.29 is 18.3 Å². The Morgan fingerprint density at radius 2 is 2.15 bits per heavy atom. The molecule has 0 spiro atoms. The zero-order valence-corrected chi connectivity index (χ0v) is 14.9. The first kappa shape index (κ1) is 18.4. The zero-order chi connectivity index (χ0) is 18.7. The van der Waals surface area contributed by atoms with Gasteiger partial charge in [-0.2, -0.15) is 0 Å². The van der Waals surface area contributed by atoms with Crippen LogP contribution in [0, 0.1) is 12.8 Å². The molecule has 5 nitrogen and oxygen atoms in total. The van der Waals surface area contributed by atoms with E-state index in [1.165, 1.54) is 0 Å². The van der Waals surface area contributed by atoms with Gasteiger partial charge in [0.2, 0.25) is 5.91 Å². The summed E-state index contributed by atoms with van der Waals surface area (Å²) in [5.41, 5.74) is 2.72. The molecule has 1 N–H and O–H groups in total. The molecule has 1 amide bonds. The third kappa shape index (κ3) is 4.39. The van der Waals surface area contributed by atoms with E-state index in [0.717, 1.165) is 29.7 Å². The number of hydrogen-bond acceptors (Lipinski definition) is 4. The van der Waals surface area contributed by atoms with Crippen molar-refractivity contribution in [2.75, 3.05) is 6.61 Å². The summed E-state index contributed by atoms with van der Waals surface area (Å²) >= 11 is 0. The minimum Gasteiger partial charge on any atom is -0.487 e. The second kappa shape index (κ2) is 7.85. The number of rotatable bonds is 7. The zero-order valence-electron chi connectivity index (χ0n) is 14.9. The Morgan fingerprint density at radius 3 is 2.85 bits per heavy atom. The standard InChI is InChI=1S/C19H23F2N3O2/c1-12-8-9-22-19(23-18(25)14-6-7-14)24(12)10-15-4-3-5-16(13(15)2)26-11-17(20)21/h3-5,8-9,14,17,19H,6-7,10-11H2,1-2H3,(H,23,25). The largest absolute Gasteiger partial charge is 0.487 e. The van der Waals surface area contributed by atoms with Crippen molar-refractivity contribution in [3.05, 3.63) is 41.1 Å². The molecule has 3 rings (SSSR count). The summed E-state index contributed by atoms with van der Waals surface area (Å²) in [7, 11) is 0. The van der Waals surface area contributed by atoms with Crippen LogP contribution in [0.25, 0.3) is 0 Å². The molecule has 2 aliphatic rings. The smallest absolute Gasteiger partial charge is 0.272 e. The van der Waals surface area contributed by atoms with Crippen LogP contribution in [0.2, 0.25) is 0 Å². The number of hydrogen-bond donors (Lipinski definition) is 1. The number of alkyl halides is 2. The first-order valence-electron chi connectivity index (χ1n) is 8.72. The van der Waals surface area contributed by atoms with Crippen LogP contribution in [-0.2, 0) is 11.3 Å². The quantitative estimate of drug-likeness (QED) is 0.809. The highest BCUT2D eigenvalue weighted by Gasteiger charge is 2.32. The van der Waals surface area contributed by atoms with Gasteiger partial charge in [-0.3, -0.25) is 4.79 Å². The van der Waals surface area contributed by atoms with Crippen LogP contribution in [0.1, 0.15) is 30.9 Å². The van der Waals surface area contributed by atoms with Gasteiger partial charge in [-0.05, 0) is 50.0 Å². The Balaban J connectivity index is 1.74. The van der Waals surface area contributed by atoms with Crippen LogP contribution < -0.4 is 10.1 Å². The van der Waals surface area contributed by atoms with E-state index in [0.29, 0.717) is 12.3 Å². The maximum Gasteiger partial charge on any atom is 0.272 e. The van der Waals surface area contributed by atoms with Gasteiger partial charge >= 0.3 is 0 Å². The molecule has 1 fully saturated rings. The van der Waals surface area contributed by atoms with Crippen LogP contribution >= 0.6 is 0 Å². The van der Waals surface area contributed by atoms with Gasteiger partial charge in [0.15, 0.2) is 6.29 Å². The molecule has 0 saturated heterocycles. The average molecular weight is 363 g/mol. The highest BCUT2D eigenvalue weighted by Crippen LogP contribution is 2.30. The summed E-state index contributed by atoms with van der Waals surface area (Å²) in [6, 6.07) is 5.40. The maximum atomic E-state index is 12.4. The van der Waals surface area contributed by atoms with E-state index in [-0.39, 0.29) is 11.8 Å². The Labute approximate surface area is 151 Å².